The summed E-state index contributed by atoms with van der Waals surface area (Å²) in [5.41, 5.74) is -0.302. The molecule has 0 bridgehead atoms. The van der Waals surface area contributed by atoms with E-state index in [-0.39, 0.29) is 23.0 Å². The number of rotatable bonds is 7. The van der Waals surface area contributed by atoms with Crippen LogP contribution in [-0.4, -0.2) is 24.9 Å². The number of nitrogens with zero attached hydrogens (tertiary/aromatic N) is 5. The molecule has 0 radical (unpaired) electrons. The van der Waals surface area contributed by atoms with E-state index in [1.54, 1.807) is 28.8 Å². The maximum absolute atomic E-state index is 14.2. The summed E-state index contributed by atoms with van der Waals surface area (Å²) >= 11 is 1.22. The van der Waals surface area contributed by atoms with E-state index >= 15 is 0 Å². The summed E-state index contributed by atoms with van der Waals surface area (Å²) < 4.78 is 59.9. The summed E-state index contributed by atoms with van der Waals surface area (Å²) in [5.74, 6) is 0.359. The number of hydrogen-bond acceptors (Lipinski definition) is 6. The minimum Gasteiger partial charge on any atom is -0.338 e. The fourth-order valence-electron chi connectivity index (χ4n) is 2.92. The lowest BCUT2D eigenvalue weighted by Crippen LogP contribution is -2.04. The lowest BCUT2D eigenvalue weighted by molar-refractivity contribution is -0.137. The van der Waals surface area contributed by atoms with Crippen molar-refractivity contribution < 1.29 is 22.1 Å². The zero-order valence-corrected chi connectivity index (χ0v) is 17.2. The van der Waals surface area contributed by atoms with Gasteiger partial charge in [0.2, 0.25) is 11.7 Å². The molecule has 0 unspecified atom stereocenters. The molecule has 2 heterocycles. The van der Waals surface area contributed by atoms with Gasteiger partial charge in [0.15, 0.2) is 11.0 Å². The van der Waals surface area contributed by atoms with Crippen molar-refractivity contribution in [2.24, 2.45) is 0 Å². The summed E-state index contributed by atoms with van der Waals surface area (Å²) in [6.45, 7) is 4.06. The Bertz CT molecular complexity index is 1250. The van der Waals surface area contributed by atoms with Crippen molar-refractivity contribution in [3.8, 4) is 22.8 Å². The second-order valence-electron chi connectivity index (χ2n) is 6.56. The number of alkyl halides is 3. The molecule has 4 aromatic rings. The van der Waals surface area contributed by atoms with Gasteiger partial charge in [0, 0.05) is 12.1 Å². The molecule has 32 heavy (non-hydrogen) atoms. The standard InChI is InChI=1S/C21H15F4N5OS/c1-2-10-30-19(15-8-3-4-9-16(15)22)27-28-20(30)32-12-17-26-18(29-31-17)13-6-5-7-14(11-13)21(23,24)25/h2-9,11H,1,10,12H2. The molecule has 0 saturated heterocycles. The topological polar surface area (TPSA) is 69.6 Å². The number of allylic oxidation sites excluding steroid dienone is 1. The normalized spacial score (nSPS) is 11.6. The quantitative estimate of drug-likeness (QED) is 0.202. The predicted octanol–water partition coefficient (Wildman–Crippen LogP) is 5.63. The third-order valence-electron chi connectivity index (χ3n) is 4.38. The molecule has 0 N–H and O–H groups in total. The van der Waals surface area contributed by atoms with Crippen LogP contribution in [0, 0.1) is 5.82 Å². The van der Waals surface area contributed by atoms with Crippen molar-refractivity contribution >= 4 is 11.8 Å². The minimum absolute atomic E-state index is 0.0475. The van der Waals surface area contributed by atoms with Crippen molar-refractivity contribution in [2.75, 3.05) is 0 Å². The van der Waals surface area contributed by atoms with Gasteiger partial charge in [-0.05, 0) is 24.3 Å². The van der Waals surface area contributed by atoms with Crippen LogP contribution >= 0.6 is 11.8 Å². The molecule has 0 fully saturated rings. The van der Waals surface area contributed by atoms with Crippen LogP contribution < -0.4 is 0 Å². The first-order valence-electron chi connectivity index (χ1n) is 9.29. The van der Waals surface area contributed by atoms with Gasteiger partial charge in [-0.2, -0.15) is 18.2 Å². The molecule has 0 aliphatic heterocycles. The van der Waals surface area contributed by atoms with Gasteiger partial charge in [-0.1, -0.05) is 47.3 Å². The third kappa shape index (κ3) is 4.57. The first-order chi connectivity index (χ1) is 15.4. The van der Waals surface area contributed by atoms with E-state index in [4.69, 9.17) is 4.52 Å². The first-order valence-corrected chi connectivity index (χ1v) is 10.3. The van der Waals surface area contributed by atoms with Crippen molar-refractivity contribution in [1.29, 1.82) is 0 Å². The van der Waals surface area contributed by atoms with Crippen LogP contribution in [0.1, 0.15) is 11.5 Å². The van der Waals surface area contributed by atoms with E-state index < -0.39 is 17.6 Å². The predicted molar refractivity (Wildman–Crippen MR) is 110 cm³/mol. The average molecular weight is 461 g/mol. The summed E-state index contributed by atoms with van der Waals surface area (Å²) in [6.07, 6.45) is -2.83. The fourth-order valence-corrected chi connectivity index (χ4v) is 3.71. The molecule has 0 aliphatic rings. The lowest BCUT2D eigenvalue weighted by Gasteiger charge is -2.07. The van der Waals surface area contributed by atoms with Crippen LogP contribution in [-0.2, 0) is 18.5 Å². The number of aromatic nitrogens is 5. The molecule has 164 valence electrons. The van der Waals surface area contributed by atoms with Gasteiger partial charge < -0.3 is 4.52 Å². The summed E-state index contributed by atoms with van der Waals surface area (Å²) in [5, 5.41) is 12.5. The molecule has 0 saturated carbocycles. The first kappa shape index (κ1) is 21.8. The largest absolute Gasteiger partial charge is 0.416 e. The van der Waals surface area contributed by atoms with Gasteiger partial charge in [-0.15, -0.1) is 16.8 Å². The van der Waals surface area contributed by atoms with E-state index in [0.717, 1.165) is 12.1 Å². The molecule has 4 rings (SSSR count). The van der Waals surface area contributed by atoms with E-state index in [1.165, 1.54) is 30.0 Å². The van der Waals surface area contributed by atoms with Crippen LogP contribution in [0.25, 0.3) is 22.8 Å². The summed E-state index contributed by atoms with van der Waals surface area (Å²) in [7, 11) is 0. The Kier molecular flexibility index (Phi) is 6.08. The number of hydrogen-bond donors (Lipinski definition) is 0. The van der Waals surface area contributed by atoms with Crippen LogP contribution in [0.2, 0.25) is 0 Å². The Morgan fingerprint density at radius 3 is 2.66 bits per heavy atom. The highest BCUT2D eigenvalue weighted by Gasteiger charge is 2.30. The van der Waals surface area contributed by atoms with Crippen molar-refractivity contribution in [2.45, 2.75) is 23.6 Å². The Labute approximate surface area is 184 Å². The monoisotopic (exact) mass is 461 g/mol. The molecule has 2 aromatic heterocycles. The Morgan fingerprint density at radius 1 is 1.09 bits per heavy atom. The Balaban J connectivity index is 1.54. The molecule has 11 heteroatoms. The van der Waals surface area contributed by atoms with Crippen LogP contribution in [0.15, 0.2) is 70.9 Å². The molecule has 0 spiro atoms. The lowest BCUT2D eigenvalue weighted by atomic mass is 10.1. The van der Waals surface area contributed by atoms with Gasteiger partial charge >= 0.3 is 6.18 Å². The number of thioether (sulfide) groups is 1. The average Bonchev–Trinajstić information content (AvgIpc) is 3.40. The van der Waals surface area contributed by atoms with Gasteiger partial charge in [0.1, 0.15) is 5.82 Å². The second-order valence-corrected chi connectivity index (χ2v) is 7.51. The van der Waals surface area contributed by atoms with Crippen LogP contribution in [0.4, 0.5) is 17.6 Å². The molecule has 2 aromatic carbocycles. The van der Waals surface area contributed by atoms with E-state index in [9.17, 15) is 17.6 Å². The van der Waals surface area contributed by atoms with Gasteiger partial charge in [-0.25, -0.2) is 4.39 Å². The van der Waals surface area contributed by atoms with Crippen LogP contribution in [0.5, 0.6) is 0 Å². The fraction of sp³-hybridized carbons (Fsp3) is 0.143. The highest BCUT2D eigenvalue weighted by molar-refractivity contribution is 7.98. The second kappa shape index (κ2) is 8.95. The molecule has 0 amide bonds. The SMILES string of the molecule is C=CCn1c(SCc2nc(-c3cccc(C(F)(F)F)c3)no2)nnc1-c1ccccc1F. The van der Waals surface area contributed by atoms with E-state index in [1.807, 2.05) is 0 Å². The van der Waals surface area contributed by atoms with Crippen molar-refractivity contribution in [3.63, 3.8) is 0 Å². The molecular formula is C21H15F4N5OS. The minimum atomic E-state index is -4.47. The molecule has 6 nitrogen and oxygen atoms in total. The summed E-state index contributed by atoms with van der Waals surface area (Å²) in [6, 6.07) is 10.9. The van der Waals surface area contributed by atoms with Gasteiger partial charge in [-0.3, -0.25) is 4.57 Å². The third-order valence-corrected chi connectivity index (χ3v) is 5.34. The maximum atomic E-state index is 14.2. The zero-order chi connectivity index (χ0) is 22.7. The van der Waals surface area contributed by atoms with Gasteiger partial charge in [0.05, 0.1) is 16.9 Å². The van der Waals surface area contributed by atoms with Gasteiger partial charge in [0.25, 0.3) is 0 Å². The van der Waals surface area contributed by atoms with Crippen molar-refractivity contribution in [3.05, 3.63) is 78.5 Å². The maximum Gasteiger partial charge on any atom is 0.416 e. The highest BCUT2D eigenvalue weighted by atomic mass is 32.2. The number of benzene rings is 2. The zero-order valence-electron chi connectivity index (χ0n) is 16.4. The molecule has 0 aliphatic carbocycles. The Morgan fingerprint density at radius 2 is 1.91 bits per heavy atom. The summed E-state index contributed by atoms with van der Waals surface area (Å²) in [4.78, 5) is 4.17. The molecule has 0 atom stereocenters. The Hall–Kier alpha value is -3.47. The molecular weight excluding hydrogens is 446 g/mol. The smallest absolute Gasteiger partial charge is 0.338 e. The van der Waals surface area contributed by atoms with E-state index in [2.05, 4.69) is 26.9 Å². The van der Waals surface area contributed by atoms with Crippen molar-refractivity contribution in [1.82, 2.24) is 24.9 Å². The van der Waals surface area contributed by atoms with Crippen LogP contribution in [0.3, 0.4) is 0 Å². The number of halogens is 4. The van der Waals surface area contributed by atoms with E-state index in [0.29, 0.717) is 23.1 Å². The highest BCUT2D eigenvalue weighted by Crippen LogP contribution is 2.32.